The topological polar surface area (TPSA) is 46.3 Å². The van der Waals surface area contributed by atoms with Crippen LogP contribution < -0.4 is 0 Å². The van der Waals surface area contributed by atoms with Crippen LogP contribution >= 0.6 is 0 Å². The van der Waals surface area contributed by atoms with Crippen LogP contribution in [0.1, 0.15) is 25.5 Å². The summed E-state index contributed by atoms with van der Waals surface area (Å²) in [4.78, 5) is 0. The van der Waals surface area contributed by atoms with Crippen molar-refractivity contribution in [1.82, 2.24) is 5.16 Å². The van der Waals surface area contributed by atoms with E-state index in [-0.39, 0.29) is 11.7 Å². The average Bonchev–Trinajstić information content (AvgIpc) is 2.13. The molecule has 1 rings (SSSR count). The minimum atomic E-state index is 0.144. The summed E-state index contributed by atoms with van der Waals surface area (Å²) in [7, 11) is 0. The number of aromatic hydroxyl groups is 1. The van der Waals surface area contributed by atoms with Gasteiger partial charge in [0.15, 0.2) is 11.5 Å². The molecule has 1 N–H and O–H groups in total. The molecule has 0 aliphatic rings. The lowest BCUT2D eigenvalue weighted by molar-refractivity contribution is 0.356. The summed E-state index contributed by atoms with van der Waals surface area (Å²) < 4.78 is 4.73. The van der Waals surface area contributed by atoms with Crippen LogP contribution in [0, 0.1) is 0 Å². The number of hydrogen-bond acceptors (Lipinski definition) is 3. The quantitative estimate of drug-likeness (QED) is 0.621. The maximum absolute atomic E-state index is 8.96. The Morgan fingerprint density at radius 2 is 2.33 bits per heavy atom. The van der Waals surface area contributed by atoms with Gasteiger partial charge in [-0.15, -0.1) is 0 Å². The first-order chi connectivity index (χ1) is 4.22. The molecule has 0 aromatic carbocycles. The van der Waals surface area contributed by atoms with Crippen LogP contribution in [0.3, 0.4) is 0 Å². The van der Waals surface area contributed by atoms with Crippen molar-refractivity contribution in [3.63, 3.8) is 0 Å². The summed E-state index contributed by atoms with van der Waals surface area (Å²) in [5.41, 5.74) is 0. The highest BCUT2D eigenvalue weighted by Crippen LogP contribution is 2.23. The molecular formula is C6H9NO2. The van der Waals surface area contributed by atoms with Crippen molar-refractivity contribution in [1.29, 1.82) is 0 Å². The van der Waals surface area contributed by atoms with Gasteiger partial charge in [-0.3, -0.25) is 0 Å². The van der Waals surface area contributed by atoms with Crippen molar-refractivity contribution in [3.8, 4) is 5.75 Å². The standard InChI is InChI=1S/C6H9NO2/c1-4(2)6-5(8)3-7-9-6/h3-4,8H,1-2H3. The normalized spacial score (nSPS) is 10.6. The van der Waals surface area contributed by atoms with Gasteiger partial charge in [0.25, 0.3) is 0 Å². The lowest BCUT2D eigenvalue weighted by Gasteiger charge is -1.95. The maximum Gasteiger partial charge on any atom is 0.180 e. The molecule has 0 aliphatic heterocycles. The van der Waals surface area contributed by atoms with Crippen LogP contribution in [-0.2, 0) is 0 Å². The maximum atomic E-state index is 8.96. The summed E-state index contributed by atoms with van der Waals surface area (Å²) in [6.07, 6.45) is 1.30. The molecule has 0 aliphatic carbocycles. The summed E-state index contributed by atoms with van der Waals surface area (Å²) in [5.74, 6) is 0.896. The summed E-state index contributed by atoms with van der Waals surface area (Å²) >= 11 is 0. The van der Waals surface area contributed by atoms with Gasteiger partial charge in [0.05, 0.1) is 0 Å². The Bertz CT molecular complexity index is 193. The SMILES string of the molecule is CC(C)c1oncc1O. The fraction of sp³-hybridized carbons (Fsp3) is 0.500. The first-order valence-corrected chi connectivity index (χ1v) is 2.85. The zero-order valence-electron chi connectivity index (χ0n) is 5.46. The summed E-state index contributed by atoms with van der Waals surface area (Å²) in [5, 5.41) is 12.4. The van der Waals surface area contributed by atoms with Gasteiger partial charge < -0.3 is 9.63 Å². The van der Waals surface area contributed by atoms with Gasteiger partial charge in [-0.1, -0.05) is 19.0 Å². The third-order valence-corrected chi connectivity index (χ3v) is 1.10. The van der Waals surface area contributed by atoms with E-state index in [2.05, 4.69) is 5.16 Å². The predicted molar refractivity (Wildman–Crippen MR) is 32.3 cm³/mol. The third-order valence-electron chi connectivity index (χ3n) is 1.10. The van der Waals surface area contributed by atoms with E-state index < -0.39 is 0 Å². The Kier molecular flexibility index (Phi) is 1.42. The molecule has 50 valence electrons. The highest BCUT2D eigenvalue weighted by atomic mass is 16.5. The van der Waals surface area contributed by atoms with E-state index in [4.69, 9.17) is 9.63 Å². The lowest BCUT2D eigenvalue weighted by atomic mass is 10.1. The van der Waals surface area contributed by atoms with Crippen LogP contribution in [0.4, 0.5) is 0 Å². The van der Waals surface area contributed by atoms with E-state index in [0.29, 0.717) is 5.76 Å². The molecule has 0 bridgehead atoms. The van der Waals surface area contributed by atoms with Gasteiger partial charge in [-0.05, 0) is 0 Å². The third kappa shape index (κ3) is 1.04. The fourth-order valence-corrected chi connectivity index (χ4v) is 0.645. The zero-order chi connectivity index (χ0) is 6.85. The Morgan fingerprint density at radius 1 is 1.67 bits per heavy atom. The summed E-state index contributed by atoms with van der Waals surface area (Å²) in [6, 6.07) is 0. The Morgan fingerprint density at radius 3 is 2.56 bits per heavy atom. The molecule has 0 amide bonds. The minimum Gasteiger partial charge on any atom is -0.503 e. The van der Waals surface area contributed by atoms with Gasteiger partial charge in [0.2, 0.25) is 0 Å². The van der Waals surface area contributed by atoms with Gasteiger partial charge in [-0.2, -0.15) is 0 Å². The molecule has 3 nitrogen and oxygen atoms in total. The monoisotopic (exact) mass is 127 g/mol. The lowest BCUT2D eigenvalue weighted by Crippen LogP contribution is -1.81. The Hall–Kier alpha value is -0.990. The van der Waals surface area contributed by atoms with Crippen molar-refractivity contribution < 1.29 is 9.63 Å². The molecule has 0 spiro atoms. The molecule has 0 saturated heterocycles. The van der Waals surface area contributed by atoms with E-state index in [1.54, 1.807) is 0 Å². The van der Waals surface area contributed by atoms with Gasteiger partial charge >= 0.3 is 0 Å². The predicted octanol–water partition coefficient (Wildman–Crippen LogP) is 1.50. The molecule has 0 saturated carbocycles. The van der Waals surface area contributed by atoms with E-state index in [1.165, 1.54) is 6.20 Å². The molecule has 9 heavy (non-hydrogen) atoms. The first kappa shape index (κ1) is 6.13. The molecule has 0 atom stereocenters. The molecule has 1 aromatic rings. The fourth-order valence-electron chi connectivity index (χ4n) is 0.645. The second kappa shape index (κ2) is 2.09. The van der Waals surface area contributed by atoms with E-state index in [0.717, 1.165) is 0 Å². The van der Waals surface area contributed by atoms with Crippen LogP contribution in [0.5, 0.6) is 5.75 Å². The Labute approximate surface area is 53.3 Å². The van der Waals surface area contributed by atoms with Gasteiger partial charge in [0, 0.05) is 5.92 Å². The number of aromatic nitrogens is 1. The van der Waals surface area contributed by atoms with Gasteiger partial charge in [0.1, 0.15) is 6.20 Å². The molecule has 0 unspecified atom stereocenters. The Balaban J connectivity index is 2.94. The van der Waals surface area contributed by atoms with Crippen LogP contribution in [-0.4, -0.2) is 10.3 Å². The zero-order valence-corrected chi connectivity index (χ0v) is 5.46. The minimum absolute atomic E-state index is 0.144. The molecule has 1 heterocycles. The number of nitrogens with zero attached hydrogens (tertiary/aromatic N) is 1. The van der Waals surface area contributed by atoms with Crippen molar-refractivity contribution in [2.75, 3.05) is 0 Å². The molecular weight excluding hydrogens is 118 g/mol. The van der Waals surface area contributed by atoms with E-state index in [1.807, 2.05) is 13.8 Å². The molecule has 0 radical (unpaired) electrons. The van der Waals surface area contributed by atoms with Crippen LogP contribution in [0.25, 0.3) is 0 Å². The van der Waals surface area contributed by atoms with Crippen LogP contribution in [0.15, 0.2) is 10.7 Å². The number of rotatable bonds is 1. The van der Waals surface area contributed by atoms with Crippen molar-refractivity contribution in [3.05, 3.63) is 12.0 Å². The van der Waals surface area contributed by atoms with E-state index >= 15 is 0 Å². The molecule has 3 heteroatoms. The largest absolute Gasteiger partial charge is 0.503 e. The van der Waals surface area contributed by atoms with Crippen molar-refractivity contribution in [2.24, 2.45) is 0 Å². The second-order valence-electron chi connectivity index (χ2n) is 2.23. The summed E-state index contributed by atoms with van der Waals surface area (Å²) in [6.45, 7) is 3.86. The van der Waals surface area contributed by atoms with Crippen molar-refractivity contribution >= 4 is 0 Å². The number of hydrogen-bond donors (Lipinski definition) is 1. The second-order valence-corrected chi connectivity index (χ2v) is 2.23. The molecule has 1 aromatic heterocycles. The molecule has 0 fully saturated rings. The average molecular weight is 127 g/mol. The van der Waals surface area contributed by atoms with Gasteiger partial charge in [-0.25, -0.2) is 0 Å². The highest BCUT2D eigenvalue weighted by Gasteiger charge is 2.09. The van der Waals surface area contributed by atoms with Crippen LogP contribution in [0.2, 0.25) is 0 Å². The van der Waals surface area contributed by atoms with E-state index in [9.17, 15) is 0 Å². The highest BCUT2D eigenvalue weighted by molar-refractivity contribution is 5.21. The first-order valence-electron chi connectivity index (χ1n) is 2.85. The van der Waals surface area contributed by atoms with Crippen molar-refractivity contribution in [2.45, 2.75) is 19.8 Å². The smallest absolute Gasteiger partial charge is 0.180 e.